The number of allylic oxidation sites excluding steroid dienone is 1. The summed E-state index contributed by atoms with van der Waals surface area (Å²) in [4.78, 5) is 13.4. The van der Waals surface area contributed by atoms with Crippen LogP contribution in [-0.4, -0.2) is 31.5 Å². The van der Waals surface area contributed by atoms with Gasteiger partial charge in [-0.15, -0.1) is 10.2 Å². The lowest BCUT2D eigenvalue weighted by atomic mass is 9.88. The number of nitrogens with two attached hydrogens (primary N) is 1. The van der Waals surface area contributed by atoms with Gasteiger partial charge in [-0.25, -0.2) is 9.69 Å². The number of aromatic nitrogens is 3. The highest BCUT2D eigenvalue weighted by Crippen LogP contribution is 2.44. The molecule has 2 aliphatic carbocycles. The van der Waals surface area contributed by atoms with Gasteiger partial charge >= 0.3 is 0 Å². The highest BCUT2D eigenvalue weighted by molar-refractivity contribution is 7.99. The van der Waals surface area contributed by atoms with Gasteiger partial charge in [0.25, 0.3) is 5.91 Å². The van der Waals surface area contributed by atoms with Crippen LogP contribution in [0, 0.1) is 0 Å². The van der Waals surface area contributed by atoms with Gasteiger partial charge in [0.2, 0.25) is 5.16 Å². The molecule has 0 aromatic carbocycles. The van der Waals surface area contributed by atoms with E-state index in [-0.39, 0.29) is 17.7 Å². The summed E-state index contributed by atoms with van der Waals surface area (Å²) in [7, 11) is 0. The Morgan fingerprint density at radius 2 is 2.06 bits per heavy atom. The zero-order chi connectivity index (χ0) is 22.4. The number of carbonyl (C=O) groups excluding carboxylic acids is 1. The topological polar surface area (TPSA) is 115 Å². The van der Waals surface area contributed by atoms with E-state index in [1.54, 1.807) is 17.5 Å². The van der Waals surface area contributed by atoms with Crippen LogP contribution in [0.2, 0.25) is 0 Å². The number of thioether (sulfide) groups is 1. The van der Waals surface area contributed by atoms with Crippen molar-refractivity contribution < 1.29 is 13.6 Å². The second-order valence-corrected chi connectivity index (χ2v) is 9.45. The molecule has 33 heavy (non-hydrogen) atoms. The van der Waals surface area contributed by atoms with Gasteiger partial charge in [-0.05, 0) is 73.6 Å². The highest BCUT2D eigenvalue weighted by atomic mass is 32.2. The summed E-state index contributed by atoms with van der Waals surface area (Å²) in [5.41, 5.74) is 6.65. The predicted molar refractivity (Wildman–Crippen MR) is 122 cm³/mol. The smallest absolute Gasteiger partial charge is 0.252 e. The van der Waals surface area contributed by atoms with Gasteiger partial charge in [0.1, 0.15) is 17.6 Å². The molecule has 0 saturated heterocycles. The zero-order valence-electron chi connectivity index (χ0n) is 17.9. The van der Waals surface area contributed by atoms with E-state index in [1.165, 1.54) is 16.4 Å². The van der Waals surface area contributed by atoms with Gasteiger partial charge < -0.3 is 14.7 Å². The van der Waals surface area contributed by atoms with E-state index in [0.29, 0.717) is 11.1 Å². The lowest BCUT2D eigenvalue weighted by Crippen LogP contribution is -2.41. The molecule has 1 atom stereocenters. The van der Waals surface area contributed by atoms with Gasteiger partial charge in [-0.3, -0.25) is 10.2 Å². The van der Waals surface area contributed by atoms with Crippen molar-refractivity contribution in [3.05, 3.63) is 71.0 Å². The first-order chi connectivity index (χ1) is 16.2. The Labute approximate surface area is 194 Å². The van der Waals surface area contributed by atoms with E-state index in [2.05, 4.69) is 15.6 Å². The third-order valence-corrected chi connectivity index (χ3v) is 7.18. The Kier molecular flexibility index (Phi) is 5.01. The molecule has 10 heteroatoms. The molecule has 6 rings (SSSR count). The number of furan rings is 2. The fraction of sp³-hybridized carbons (Fsp3) is 0.348. The minimum Gasteiger partial charge on any atom is -0.467 e. The minimum absolute atomic E-state index is 0.0795. The maximum Gasteiger partial charge on any atom is 0.252 e. The summed E-state index contributed by atoms with van der Waals surface area (Å²) >= 11 is 1.30. The van der Waals surface area contributed by atoms with Crippen molar-refractivity contribution in [3.8, 4) is 0 Å². The minimum atomic E-state index is -0.291. The summed E-state index contributed by atoms with van der Waals surface area (Å²) in [6, 6.07) is 7.28. The molecule has 3 aromatic heterocycles. The van der Waals surface area contributed by atoms with E-state index in [4.69, 9.17) is 14.7 Å². The molecule has 0 spiro atoms. The van der Waals surface area contributed by atoms with Gasteiger partial charge in [0.05, 0.1) is 24.0 Å². The van der Waals surface area contributed by atoms with E-state index in [0.717, 1.165) is 66.3 Å². The number of nitrogen functional groups attached to an aromatic ring is 1. The number of rotatable bonds is 6. The first-order valence-corrected chi connectivity index (χ1v) is 12.1. The van der Waals surface area contributed by atoms with Crippen LogP contribution < -0.4 is 11.3 Å². The van der Waals surface area contributed by atoms with Crippen molar-refractivity contribution in [3.63, 3.8) is 0 Å². The maximum atomic E-state index is 13.4. The van der Waals surface area contributed by atoms with E-state index in [1.807, 2.05) is 30.3 Å². The van der Waals surface area contributed by atoms with Crippen molar-refractivity contribution >= 4 is 23.7 Å². The Bertz CT molecular complexity index is 1220. The predicted octanol–water partition coefficient (Wildman–Crippen LogP) is 3.76. The number of nitrogens with zero attached hydrogens (tertiary/aromatic N) is 4. The van der Waals surface area contributed by atoms with Crippen LogP contribution >= 0.6 is 11.8 Å². The number of nitrogens with one attached hydrogen (secondary N) is 1. The third kappa shape index (κ3) is 3.74. The first kappa shape index (κ1) is 20.2. The first-order valence-electron chi connectivity index (χ1n) is 11.1. The number of hydrazine groups is 1. The SMILES string of the molecule is Nn1c(SCC(=O)N2NC3=C(CCC/C3=C\c3ccco3)[C@@H]2c2ccco2)nnc1C1CC1. The summed E-state index contributed by atoms with van der Waals surface area (Å²) in [5.74, 6) is 8.98. The molecular weight excluding hydrogens is 440 g/mol. The monoisotopic (exact) mass is 464 g/mol. The van der Waals surface area contributed by atoms with Crippen LogP contribution in [0.1, 0.15) is 61.4 Å². The molecule has 1 amide bonds. The van der Waals surface area contributed by atoms with E-state index < -0.39 is 0 Å². The summed E-state index contributed by atoms with van der Waals surface area (Å²) in [5, 5.41) is 10.6. The molecule has 1 aliphatic heterocycles. The lowest BCUT2D eigenvalue weighted by molar-refractivity contribution is -0.132. The van der Waals surface area contributed by atoms with E-state index in [9.17, 15) is 4.79 Å². The normalized spacial score (nSPS) is 21.5. The largest absolute Gasteiger partial charge is 0.467 e. The van der Waals surface area contributed by atoms with Gasteiger partial charge in [0.15, 0.2) is 5.82 Å². The Morgan fingerprint density at radius 1 is 1.21 bits per heavy atom. The quantitative estimate of drug-likeness (QED) is 0.419. The second kappa shape index (κ2) is 8.18. The maximum absolute atomic E-state index is 13.4. The summed E-state index contributed by atoms with van der Waals surface area (Å²) < 4.78 is 12.8. The summed E-state index contributed by atoms with van der Waals surface area (Å²) in [6.45, 7) is 0. The van der Waals surface area contributed by atoms with Crippen LogP contribution in [-0.2, 0) is 4.79 Å². The average Bonchev–Trinajstić information content (AvgIpc) is 3.25. The van der Waals surface area contributed by atoms with Gasteiger partial charge in [0, 0.05) is 5.92 Å². The van der Waals surface area contributed by atoms with Crippen molar-refractivity contribution in [2.24, 2.45) is 0 Å². The molecule has 9 nitrogen and oxygen atoms in total. The molecule has 0 unspecified atom stereocenters. The van der Waals surface area contributed by atoms with Crippen molar-refractivity contribution in [2.45, 2.75) is 49.2 Å². The van der Waals surface area contributed by atoms with Gasteiger partial charge in [-0.1, -0.05) is 11.8 Å². The van der Waals surface area contributed by atoms with Crippen LogP contribution in [0.15, 0.2) is 67.6 Å². The lowest BCUT2D eigenvalue weighted by Gasteiger charge is -2.25. The molecule has 4 heterocycles. The molecule has 0 radical (unpaired) electrons. The molecule has 1 fully saturated rings. The van der Waals surface area contributed by atoms with Crippen LogP contribution in [0.25, 0.3) is 6.08 Å². The van der Waals surface area contributed by atoms with Crippen LogP contribution in [0.3, 0.4) is 0 Å². The standard InChI is InChI=1S/C23H24N6O3S/c24-28-22(14-8-9-14)25-26-23(28)33-13-19(30)29-21(18-7-3-11-32-18)17-6-1-4-15(20(17)27-29)12-16-5-2-10-31-16/h2-3,5,7,10-12,14,21,27H,1,4,6,8-9,13,24H2/b15-12+/t21-/m1/s1. The van der Waals surface area contributed by atoms with E-state index >= 15 is 0 Å². The fourth-order valence-corrected chi connectivity index (χ4v) is 5.25. The molecule has 3 N–H and O–H groups in total. The second-order valence-electron chi connectivity index (χ2n) is 8.51. The van der Waals surface area contributed by atoms with Crippen molar-refractivity contribution in [2.75, 3.05) is 11.6 Å². The average molecular weight is 465 g/mol. The Morgan fingerprint density at radius 3 is 2.82 bits per heavy atom. The molecule has 0 bridgehead atoms. The summed E-state index contributed by atoms with van der Waals surface area (Å²) in [6.07, 6.45) is 10.3. The number of carbonyl (C=O) groups is 1. The number of hydrogen-bond donors (Lipinski definition) is 2. The molecule has 3 aliphatic rings. The Balaban J connectivity index is 1.25. The Hall–Kier alpha value is -3.40. The third-order valence-electron chi connectivity index (χ3n) is 6.25. The van der Waals surface area contributed by atoms with Gasteiger partial charge in [-0.2, -0.15) is 0 Å². The fourth-order valence-electron chi connectivity index (χ4n) is 4.53. The zero-order valence-corrected chi connectivity index (χ0v) is 18.8. The van der Waals surface area contributed by atoms with Crippen molar-refractivity contribution in [1.82, 2.24) is 25.3 Å². The molecular formula is C23H24N6O3S. The highest BCUT2D eigenvalue weighted by Gasteiger charge is 2.41. The molecule has 3 aromatic rings. The number of hydrogen-bond acceptors (Lipinski definition) is 8. The number of amides is 1. The van der Waals surface area contributed by atoms with Crippen molar-refractivity contribution in [1.29, 1.82) is 0 Å². The van der Waals surface area contributed by atoms with Crippen LogP contribution in [0.5, 0.6) is 0 Å². The molecule has 170 valence electrons. The van der Waals surface area contributed by atoms with Crippen LogP contribution in [0.4, 0.5) is 0 Å². The molecule has 1 saturated carbocycles.